The number of ether oxygens (including phenoxy) is 1. The highest BCUT2D eigenvalue weighted by molar-refractivity contribution is 5.98. The van der Waals surface area contributed by atoms with Crippen LogP contribution in [0.15, 0.2) is 36.4 Å². The van der Waals surface area contributed by atoms with Crippen molar-refractivity contribution >= 4 is 29.9 Å². The van der Waals surface area contributed by atoms with E-state index in [1.54, 1.807) is 6.08 Å². The molecule has 1 aromatic rings. The summed E-state index contributed by atoms with van der Waals surface area (Å²) >= 11 is 0. The molecule has 1 saturated heterocycles. The molecule has 0 radical (unpaired) electrons. The molecule has 8 nitrogen and oxygen atoms in total. The molecule has 0 saturated carbocycles. The Hall–Kier alpha value is -3.16. The number of carbonyl (C=O) groups excluding carboxylic acids is 4. The Bertz CT molecular complexity index is 702. The zero-order chi connectivity index (χ0) is 18.9. The normalized spacial score (nSPS) is 14.8. The number of benzene rings is 1. The van der Waals surface area contributed by atoms with E-state index in [4.69, 9.17) is 4.74 Å². The molecule has 1 aliphatic rings. The summed E-state index contributed by atoms with van der Waals surface area (Å²) in [4.78, 5) is 47.9. The molecule has 2 rings (SSSR count). The standard InChI is InChI=1S/C18H21N3O5/c1-13(17(24)21-12-11-20-18(21)25)26-16(23)9-10-19-15(22)8-7-14-5-3-2-4-6-14/h2-8,13H,9-12H2,1H3,(H,19,22)(H,20,25)/b8-7+/t13-/m1/s1. The van der Waals surface area contributed by atoms with E-state index in [1.807, 2.05) is 30.3 Å². The summed E-state index contributed by atoms with van der Waals surface area (Å²) in [5.41, 5.74) is 0.889. The minimum Gasteiger partial charge on any atom is -0.452 e. The van der Waals surface area contributed by atoms with Crippen LogP contribution >= 0.6 is 0 Å². The van der Waals surface area contributed by atoms with Gasteiger partial charge in [0.2, 0.25) is 5.91 Å². The third-order valence-corrected chi connectivity index (χ3v) is 3.63. The number of hydrogen-bond acceptors (Lipinski definition) is 5. The maximum atomic E-state index is 12.0. The Labute approximate surface area is 151 Å². The molecule has 138 valence electrons. The molecule has 1 aliphatic heterocycles. The molecular formula is C18H21N3O5. The Morgan fingerprint density at radius 2 is 2.04 bits per heavy atom. The third-order valence-electron chi connectivity index (χ3n) is 3.63. The highest BCUT2D eigenvalue weighted by Crippen LogP contribution is 2.05. The summed E-state index contributed by atoms with van der Waals surface area (Å²) in [6.45, 7) is 2.13. The molecule has 1 atom stereocenters. The second kappa shape index (κ2) is 9.36. The van der Waals surface area contributed by atoms with Crippen molar-refractivity contribution in [2.45, 2.75) is 19.4 Å². The summed E-state index contributed by atoms with van der Waals surface area (Å²) in [6.07, 6.45) is 1.91. The van der Waals surface area contributed by atoms with Crippen molar-refractivity contribution < 1.29 is 23.9 Å². The predicted octanol–water partition coefficient (Wildman–Crippen LogP) is 0.690. The fourth-order valence-corrected chi connectivity index (χ4v) is 2.29. The van der Waals surface area contributed by atoms with Crippen LogP contribution in [0.2, 0.25) is 0 Å². The van der Waals surface area contributed by atoms with Gasteiger partial charge >= 0.3 is 12.0 Å². The number of amides is 4. The van der Waals surface area contributed by atoms with Crippen LogP contribution in [0.4, 0.5) is 4.79 Å². The molecule has 4 amide bonds. The molecule has 0 unspecified atom stereocenters. The van der Waals surface area contributed by atoms with E-state index in [-0.39, 0.29) is 25.4 Å². The van der Waals surface area contributed by atoms with Crippen molar-refractivity contribution in [1.29, 1.82) is 0 Å². The molecule has 2 N–H and O–H groups in total. The van der Waals surface area contributed by atoms with Crippen LogP contribution in [0.5, 0.6) is 0 Å². The number of nitrogens with zero attached hydrogens (tertiary/aromatic N) is 1. The number of imide groups is 1. The van der Waals surface area contributed by atoms with Gasteiger partial charge in [-0.05, 0) is 18.6 Å². The fourth-order valence-electron chi connectivity index (χ4n) is 2.29. The van der Waals surface area contributed by atoms with Gasteiger partial charge in [-0.1, -0.05) is 30.3 Å². The zero-order valence-electron chi connectivity index (χ0n) is 14.4. The van der Waals surface area contributed by atoms with Crippen molar-refractivity contribution in [3.8, 4) is 0 Å². The molecule has 26 heavy (non-hydrogen) atoms. The van der Waals surface area contributed by atoms with Gasteiger partial charge in [0.05, 0.1) is 6.42 Å². The lowest BCUT2D eigenvalue weighted by atomic mass is 10.2. The van der Waals surface area contributed by atoms with Crippen LogP contribution in [0.1, 0.15) is 18.9 Å². The lowest BCUT2D eigenvalue weighted by molar-refractivity contribution is -0.157. The molecule has 1 heterocycles. The van der Waals surface area contributed by atoms with Crippen molar-refractivity contribution in [1.82, 2.24) is 15.5 Å². The van der Waals surface area contributed by atoms with Crippen molar-refractivity contribution in [2.24, 2.45) is 0 Å². The largest absolute Gasteiger partial charge is 0.452 e. The SMILES string of the molecule is C[C@@H](OC(=O)CCNC(=O)/C=C/c1ccccc1)C(=O)N1CCNC1=O. The quantitative estimate of drug-likeness (QED) is 0.550. The molecule has 0 aromatic heterocycles. The number of carbonyl (C=O) groups is 4. The fraction of sp³-hybridized carbons (Fsp3) is 0.333. The van der Waals surface area contributed by atoms with E-state index < -0.39 is 24.0 Å². The first kappa shape index (κ1) is 19.2. The first-order valence-corrected chi connectivity index (χ1v) is 8.27. The van der Waals surface area contributed by atoms with Crippen LogP contribution in [-0.4, -0.2) is 54.5 Å². The maximum Gasteiger partial charge on any atom is 0.324 e. The van der Waals surface area contributed by atoms with Crippen LogP contribution in [-0.2, 0) is 19.1 Å². The average molecular weight is 359 g/mol. The van der Waals surface area contributed by atoms with Gasteiger partial charge < -0.3 is 15.4 Å². The minimum atomic E-state index is -1.06. The maximum absolute atomic E-state index is 12.0. The lowest BCUT2D eigenvalue weighted by Gasteiger charge is -2.18. The van der Waals surface area contributed by atoms with E-state index in [0.717, 1.165) is 10.5 Å². The Morgan fingerprint density at radius 3 is 2.69 bits per heavy atom. The van der Waals surface area contributed by atoms with Gasteiger partial charge in [0, 0.05) is 25.7 Å². The Kier molecular flexibility index (Phi) is 6.90. The third kappa shape index (κ3) is 5.73. The predicted molar refractivity (Wildman–Crippen MR) is 93.8 cm³/mol. The summed E-state index contributed by atoms with van der Waals surface area (Å²) in [5, 5.41) is 5.06. The van der Waals surface area contributed by atoms with Gasteiger partial charge in [-0.15, -0.1) is 0 Å². The topological polar surface area (TPSA) is 105 Å². The van der Waals surface area contributed by atoms with Crippen molar-refractivity contribution in [3.05, 3.63) is 42.0 Å². The summed E-state index contributed by atoms with van der Waals surface area (Å²) < 4.78 is 5.00. The highest BCUT2D eigenvalue weighted by Gasteiger charge is 2.31. The first-order valence-electron chi connectivity index (χ1n) is 8.27. The summed E-state index contributed by atoms with van der Waals surface area (Å²) in [6, 6.07) is 8.84. The number of nitrogens with one attached hydrogen (secondary N) is 2. The number of esters is 1. The Balaban J connectivity index is 1.68. The number of rotatable bonds is 7. The molecule has 0 spiro atoms. The molecule has 0 bridgehead atoms. The van der Waals surface area contributed by atoms with E-state index in [9.17, 15) is 19.2 Å². The van der Waals surface area contributed by atoms with E-state index in [0.29, 0.717) is 6.54 Å². The van der Waals surface area contributed by atoms with Crippen molar-refractivity contribution in [2.75, 3.05) is 19.6 Å². The van der Waals surface area contributed by atoms with Crippen LogP contribution in [0.3, 0.4) is 0 Å². The van der Waals surface area contributed by atoms with Gasteiger partial charge in [0.15, 0.2) is 6.10 Å². The van der Waals surface area contributed by atoms with Crippen LogP contribution in [0, 0.1) is 0 Å². The number of urea groups is 1. The lowest BCUT2D eigenvalue weighted by Crippen LogP contribution is -2.42. The van der Waals surface area contributed by atoms with E-state index in [2.05, 4.69) is 10.6 Å². The smallest absolute Gasteiger partial charge is 0.324 e. The minimum absolute atomic E-state index is 0.0747. The molecular weight excluding hydrogens is 338 g/mol. The van der Waals surface area contributed by atoms with Crippen molar-refractivity contribution in [3.63, 3.8) is 0 Å². The summed E-state index contributed by atoms with van der Waals surface area (Å²) in [7, 11) is 0. The summed E-state index contributed by atoms with van der Waals surface area (Å²) in [5.74, 6) is -1.53. The number of hydrogen-bond donors (Lipinski definition) is 2. The molecule has 1 aromatic carbocycles. The molecule has 8 heteroatoms. The molecule has 1 fully saturated rings. The Morgan fingerprint density at radius 1 is 1.31 bits per heavy atom. The second-order valence-corrected chi connectivity index (χ2v) is 5.64. The first-order chi connectivity index (χ1) is 12.5. The monoisotopic (exact) mass is 359 g/mol. The van der Waals surface area contributed by atoms with E-state index >= 15 is 0 Å². The van der Waals surface area contributed by atoms with Crippen LogP contribution < -0.4 is 10.6 Å². The second-order valence-electron chi connectivity index (χ2n) is 5.64. The molecule has 0 aliphatic carbocycles. The van der Waals surface area contributed by atoms with Crippen LogP contribution in [0.25, 0.3) is 6.08 Å². The van der Waals surface area contributed by atoms with Gasteiger partial charge in [-0.2, -0.15) is 0 Å². The van der Waals surface area contributed by atoms with Gasteiger partial charge in [0.1, 0.15) is 0 Å². The van der Waals surface area contributed by atoms with Gasteiger partial charge in [-0.3, -0.25) is 19.3 Å². The zero-order valence-corrected chi connectivity index (χ0v) is 14.4. The average Bonchev–Trinajstić information content (AvgIpc) is 3.06. The van der Waals surface area contributed by atoms with E-state index in [1.165, 1.54) is 13.0 Å². The highest BCUT2D eigenvalue weighted by atomic mass is 16.5. The van der Waals surface area contributed by atoms with Gasteiger partial charge in [-0.25, -0.2) is 4.79 Å². The van der Waals surface area contributed by atoms with Gasteiger partial charge in [0.25, 0.3) is 5.91 Å².